The third kappa shape index (κ3) is 3.66. The van der Waals surface area contributed by atoms with Crippen molar-refractivity contribution in [1.82, 2.24) is 14.5 Å². The molecule has 0 saturated carbocycles. The van der Waals surface area contributed by atoms with Crippen LogP contribution in [0, 0.1) is 0 Å². The second kappa shape index (κ2) is 7.03. The van der Waals surface area contributed by atoms with Crippen LogP contribution in [0.1, 0.15) is 18.5 Å². The van der Waals surface area contributed by atoms with Crippen molar-refractivity contribution >= 4 is 26.8 Å². The van der Waals surface area contributed by atoms with E-state index in [1.807, 2.05) is 30.3 Å². The summed E-state index contributed by atoms with van der Waals surface area (Å²) in [6.07, 6.45) is 0. The highest BCUT2D eigenvalue weighted by Crippen LogP contribution is 2.19. The van der Waals surface area contributed by atoms with E-state index in [0.717, 1.165) is 5.56 Å². The summed E-state index contributed by atoms with van der Waals surface area (Å²) in [5.41, 5.74) is 1.78. The zero-order valence-electron chi connectivity index (χ0n) is 15.3. The minimum Gasteiger partial charge on any atom is -0.349 e. The second-order valence-electron chi connectivity index (χ2n) is 6.51. The van der Waals surface area contributed by atoms with Gasteiger partial charge in [0.25, 0.3) is 0 Å². The van der Waals surface area contributed by atoms with Gasteiger partial charge in [-0.3, -0.25) is 13.9 Å². The summed E-state index contributed by atoms with van der Waals surface area (Å²) in [6, 6.07) is 13.4. The van der Waals surface area contributed by atoms with Crippen LogP contribution in [0.2, 0.25) is 0 Å². The zero-order chi connectivity index (χ0) is 19.8. The molecular weight excluding hydrogens is 366 g/mol. The van der Waals surface area contributed by atoms with E-state index in [4.69, 9.17) is 0 Å². The van der Waals surface area contributed by atoms with Crippen LogP contribution in [0.3, 0.4) is 0 Å². The molecule has 0 spiro atoms. The van der Waals surface area contributed by atoms with Gasteiger partial charge in [-0.1, -0.05) is 30.3 Å². The molecule has 0 unspecified atom stereocenters. The fourth-order valence-corrected chi connectivity index (χ4v) is 4.21. The van der Waals surface area contributed by atoms with Gasteiger partial charge < -0.3 is 5.32 Å². The Morgan fingerprint density at radius 2 is 1.67 bits per heavy atom. The summed E-state index contributed by atoms with van der Waals surface area (Å²) >= 11 is 0. The number of hydrogen-bond acceptors (Lipinski definition) is 4. The first-order chi connectivity index (χ1) is 12.7. The lowest BCUT2D eigenvalue weighted by atomic mass is 10.1. The van der Waals surface area contributed by atoms with E-state index in [1.54, 1.807) is 27.1 Å². The number of hydrogen-bond donors (Lipinski definition) is 1. The average molecular weight is 387 g/mol. The number of carbonyl (C=O) groups is 1. The minimum absolute atomic E-state index is 0.0127. The number of amides is 1. The van der Waals surface area contributed by atoms with Crippen LogP contribution in [-0.4, -0.2) is 29.2 Å². The summed E-state index contributed by atoms with van der Waals surface area (Å²) < 4.78 is 28.1. The normalized spacial score (nSPS) is 12.9. The lowest BCUT2D eigenvalue weighted by Crippen LogP contribution is -2.32. The Morgan fingerprint density at radius 1 is 1.04 bits per heavy atom. The molecule has 1 aromatic heterocycles. The summed E-state index contributed by atoms with van der Waals surface area (Å²) in [5.74, 6) is -1.23. The molecular formula is C19H21N3O4S. The molecule has 27 heavy (non-hydrogen) atoms. The molecule has 0 aliphatic rings. The predicted molar refractivity (Wildman–Crippen MR) is 103 cm³/mol. The molecule has 0 bridgehead atoms. The van der Waals surface area contributed by atoms with Gasteiger partial charge in [0, 0.05) is 14.1 Å². The Labute approximate surface area is 157 Å². The van der Waals surface area contributed by atoms with Gasteiger partial charge in [0.1, 0.15) is 5.75 Å². The number of rotatable bonds is 5. The third-order valence-corrected chi connectivity index (χ3v) is 6.22. The number of aromatic nitrogens is 2. The van der Waals surface area contributed by atoms with E-state index in [2.05, 4.69) is 5.32 Å². The fraction of sp³-hybridized carbons (Fsp3) is 0.263. The molecule has 7 nitrogen and oxygen atoms in total. The zero-order valence-corrected chi connectivity index (χ0v) is 16.2. The van der Waals surface area contributed by atoms with E-state index in [9.17, 15) is 18.0 Å². The molecule has 142 valence electrons. The third-order valence-electron chi connectivity index (χ3n) is 4.60. The number of sulfone groups is 1. The molecule has 1 heterocycles. The molecule has 1 amide bonds. The molecule has 3 aromatic rings. The van der Waals surface area contributed by atoms with Gasteiger partial charge in [-0.2, -0.15) is 0 Å². The number of aryl methyl sites for hydroxylation is 2. The van der Waals surface area contributed by atoms with Crippen LogP contribution >= 0.6 is 0 Å². The quantitative estimate of drug-likeness (QED) is 0.719. The highest BCUT2D eigenvalue weighted by molar-refractivity contribution is 7.92. The average Bonchev–Trinajstić information content (AvgIpc) is 2.86. The molecule has 2 aromatic carbocycles. The van der Waals surface area contributed by atoms with Crippen LogP contribution in [0.15, 0.2) is 58.2 Å². The van der Waals surface area contributed by atoms with Crippen molar-refractivity contribution in [2.45, 2.75) is 17.9 Å². The molecule has 0 aliphatic carbocycles. The predicted octanol–water partition coefficient (Wildman–Crippen LogP) is 1.53. The summed E-state index contributed by atoms with van der Waals surface area (Å²) in [4.78, 5) is 24.3. The van der Waals surface area contributed by atoms with Gasteiger partial charge in [-0.15, -0.1) is 0 Å². The van der Waals surface area contributed by atoms with E-state index >= 15 is 0 Å². The highest BCUT2D eigenvalue weighted by atomic mass is 32.2. The number of fused-ring (bicyclic) bond motifs is 1. The number of nitrogens with one attached hydrogen (secondary N) is 1. The number of imidazole rings is 1. The van der Waals surface area contributed by atoms with Gasteiger partial charge in [0.15, 0.2) is 9.84 Å². The highest BCUT2D eigenvalue weighted by Gasteiger charge is 2.22. The van der Waals surface area contributed by atoms with Crippen molar-refractivity contribution in [1.29, 1.82) is 0 Å². The van der Waals surface area contributed by atoms with Crippen molar-refractivity contribution in [2.24, 2.45) is 14.1 Å². The van der Waals surface area contributed by atoms with Crippen LogP contribution in [-0.2, 0) is 28.7 Å². The van der Waals surface area contributed by atoms with Crippen molar-refractivity contribution in [3.63, 3.8) is 0 Å². The Hall–Kier alpha value is -2.87. The van der Waals surface area contributed by atoms with Gasteiger partial charge >= 0.3 is 5.69 Å². The Morgan fingerprint density at radius 3 is 2.33 bits per heavy atom. The summed E-state index contributed by atoms with van der Waals surface area (Å²) in [7, 11) is -0.635. The molecule has 0 fully saturated rings. The molecule has 0 saturated heterocycles. The lowest BCUT2D eigenvalue weighted by molar-refractivity contribution is -0.119. The molecule has 0 radical (unpaired) electrons. The fourth-order valence-electron chi connectivity index (χ4n) is 3.04. The van der Waals surface area contributed by atoms with Crippen molar-refractivity contribution in [3.05, 3.63) is 64.6 Å². The summed E-state index contributed by atoms with van der Waals surface area (Å²) in [6.45, 7) is 1.80. The van der Waals surface area contributed by atoms with Gasteiger partial charge in [-0.25, -0.2) is 13.2 Å². The van der Waals surface area contributed by atoms with E-state index in [1.165, 1.54) is 21.3 Å². The van der Waals surface area contributed by atoms with Crippen LogP contribution in [0.25, 0.3) is 11.0 Å². The van der Waals surface area contributed by atoms with Crippen molar-refractivity contribution in [2.75, 3.05) is 5.75 Å². The number of benzene rings is 2. The topological polar surface area (TPSA) is 90.2 Å². The smallest absolute Gasteiger partial charge is 0.328 e. The van der Waals surface area contributed by atoms with Crippen molar-refractivity contribution in [3.8, 4) is 0 Å². The van der Waals surface area contributed by atoms with Crippen LogP contribution in [0.5, 0.6) is 0 Å². The number of nitrogens with zero attached hydrogens (tertiary/aromatic N) is 2. The Kier molecular flexibility index (Phi) is 4.93. The van der Waals surface area contributed by atoms with E-state index in [-0.39, 0.29) is 16.6 Å². The monoisotopic (exact) mass is 387 g/mol. The molecule has 1 N–H and O–H groups in total. The van der Waals surface area contributed by atoms with Gasteiger partial charge in [-0.05, 0) is 30.7 Å². The van der Waals surface area contributed by atoms with Gasteiger partial charge in [0.2, 0.25) is 5.91 Å². The Balaban J connectivity index is 1.82. The van der Waals surface area contributed by atoms with E-state index < -0.39 is 21.5 Å². The second-order valence-corrected chi connectivity index (χ2v) is 8.50. The maximum Gasteiger partial charge on any atom is 0.328 e. The minimum atomic E-state index is -3.84. The van der Waals surface area contributed by atoms with Crippen LogP contribution < -0.4 is 11.0 Å². The maximum atomic E-state index is 12.7. The van der Waals surface area contributed by atoms with Gasteiger partial charge in [0.05, 0.1) is 22.0 Å². The lowest BCUT2D eigenvalue weighted by Gasteiger charge is -2.14. The molecule has 8 heteroatoms. The molecule has 1 atom stereocenters. The van der Waals surface area contributed by atoms with Crippen molar-refractivity contribution < 1.29 is 13.2 Å². The maximum absolute atomic E-state index is 12.7. The summed E-state index contributed by atoms with van der Waals surface area (Å²) in [5, 5.41) is 2.71. The standard InChI is InChI=1S/C19H21N3O4S/c1-13(14-7-5-4-6-8-14)20-18(23)12-27(25,26)15-9-10-16-17(11-15)22(3)19(24)21(16)2/h4-11,13H,12H2,1-3H3,(H,20,23)/t13-/m0/s1. The first-order valence-corrected chi connectivity index (χ1v) is 10.1. The van der Waals surface area contributed by atoms with E-state index in [0.29, 0.717) is 11.0 Å². The molecule has 3 rings (SSSR count). The first-order valence-electron chi connectivity index (χ1n) is 8.43. The van der Waals surface area contributed by atoms with Crippen LogP contribution in [0.4, 0.5) is 0 Å². The molecule has 0 aliphatic heterocycles. The SMILES string of the molecule is C[C@H](NC(=O)CS(=O)(=O)c1ccc2c(c1)n(C)c(=O)n2C)c1ccccc1. The number of carbonyl (C=O) groups excluding carboxylic acids is 1. The first kappa shape index (κ1) is 18.9. The Bertz CT molecular complexity index is 1160. The largest absolute Gasteiger partial charge is 0.349 e.